The zero-order valence-electron chi connectivity index (χ0n) is 16.4. The first-order valence-corrected chi connectivity index (χ1v) is 10.7. The van der Waals surface area contributed by atoms with Crippen LogP contribution < -0.4 is 14.8 Å². The highest BCUT2D eigenvalue weighted by atomic mass is 32.1. The quantitative estimate of drug-likeness (QED) is 0.531. The Bertz CT molecular complexity index is 1200. The SMILES string of the molecule is C[C@@H](NC(=O)Cn1c(-c2cscn2)nc2ccccc21)c1ccc2c(c1)OCCO2. The van der Waals surface area contributed by atoms with Crippen LogP contribution >= 0.6 is 11.3 Å². The average Bonchev–Trinajstić information content (AvgIpc) is 3.42. The molecule has 0 bridgehead atoms. The third kappa shape index (κ3) is 3.50. The summed E-state index contributed by atoms with van der Waals surface area (Å²) >= 11 is 1.50. The summed E-state index contributed by atoms with van der Waals surface area (Å²) in [6, 6.07) is 13.4. The molecule has 0 fully saturated rings. The summed E-state index contributed by atoms with van der Waals surface area (Å²) in [5, 5.41) is 5.01. The lowest BCUT2D eigenvalue weighted by molar-refractivity contribution is -0.122. The molecule has 0 spiro atoms. The van der Waals surface area contributed by atoms with E-state index in [1.807, 2.05) is 59.3 Å². The Labute approximate surface area is 177 Å². The Kier molecular flexibility index (Phi) is 4.84. The number of nitrogens with one attached hydrogen (secondary N) is 1. The summed E-state index contributed by atoms with van der Waals surface area (Å²) in [4.78, 5) is 22.0. The molecule has 1 aliphatic heterocycles. The summed E-state index contributed by atoms with van der Waals surface area (Å²) < 4.78 is 13.1. The number of carbonyl (C=O) groups excluding carboxylic acids is 1. The molecule has 30 heavy (non-hydrogen) atoms. The van der Waals surface area contributed by atoms with E-state index < -0.39 is 0 Å². The fourth-order valence-electron chi connectivity index (χ4n) is 3.60. The fraction of sp³-hybridized carbons (Fsp3) is 0.227. The summed E-state index contributed by atoms with van der Waals surface area (Å²) in [7, 11) is 0. The van der Waals surface area contributed by atoms with Crippen LogP contribution in [0, 0.1) is 0 Å². The number of amides is 1. The maximum atomic E-state index is 12.9. The van der Waals surface area contributed by atoms with Gasteiger partial charge in [-0.15, -0.1) is 11.3 Å². The van der Waals surface area contributed by atoms with Crippen LogP contribution in [0.25, 0.3) is 22.6 Å². The normalized spacial score (nSPS) is 13.9. The molecule has 0 aliphatic carbocycles. The minimum atomic E-state index is -0.175. The van der Waals surface area contributed by atoms with Crippen LogP contribution in [-0.4, -0.2) is 33.7 Å². The second-order valence-electron chi connectivity index (χ2n) is 7.08. The van der Waals surface area contributed by atoms with Gasteiger partial charge in [0.05, 0.1) is 22.6 Å². The Morgan fingerprint density at radius 3 is 2.87 bits per heavy atom. The van der Waals surface area contributed by atoms with Crippen molar-refractivity contribution in [1.29, 1.82) is 0 Å². The molecule has 4 aromatic rings. The van der Waals surface area contributed by atoms with Gasteiger partial charge in [-0.25, -0.2) is 9.97 Å². The lowest BCUT2D eigenvalue weighted by Gasteiger charge is -2.21. The van der Waals surface area contributed by atoms with Crippen LogP contribution in [0.15, 0.2) is 53.4 Å². The molecular weight excluding hydrogens is 400 g/mol. The number of nitrogens with zero attached hydrogens (tertiary/aromatic N) is 3. The van der Waals surface area contributed by atoms with Gasteiger partial charge in [-0.1, -0.05) is 18.2 Å². The molecule has 0 radical (unpaired) electrons. The molecular formula is C22H20N4O3S. The first kappa shape index (κ1) is 18.6. The van der Waals surface area contributed by atoms with E-state index >= 15 is 0 Å². The van der Waals surface area contributed by atoms with Crippen molar-refractivity contribution < 1.29 is 14.3 Å². The Balaban J connectivity index is 1.38. The molecule has 2 aromatic heterocycles. The molecule has 1 atom stereocenters. The summed E-state index contributed by atoms with van der Waals surface area (Å²) in [6.45, 7) is 3.20. The third-order valence-electron chi connectivity index (χ3n) is 5.06. The first-order valence-electron chi connectivity index (χ1n) is 9.72. The van der Waals surface area contributed by atoms with Crippen LogP contribution in [0.2, 0.25) is 0 Å². The molecule has 1 N–H and O–H groups in total. The zero-order valence-corrected chi connectivity index (χ0v) is 17.2. The van der Waals surface area contributed by atoms with Gasteiger partial charge in [0.1, 0.15) is 25.5 Å². The Hall–Kier alpha value is -3.39. The summed E-state index contributed by atoms with van der Waals surface area (Å²) in [6.07, 6.45) is 0. The zero-order chi connectivity index (χ0) is 20.5. The minimum Gasteiger partial charge on any atom is -0.486 e. The summed E-state index contributed by atoms with van der Waals surface area (Å²) in [5.41, 5.74) is 5.24. The van der Waals surface area contributed by atoms with Gasteiger partial charge in [0.15, 0.2) is 17.3 Å². The topological polar surface area (TPSA) is 78.3 Å². The van der Waals surface area contributed by atoms with Gasteiger partial charge in [-0.05, 0) is 36.8 Å². The second-order valence-corrected chi connectivity index (χ2v) is 7.79. The Morgan fingerprint density at radius 1 is 1.20 bits per heavy atom. The molecule has 0 unspecified atom stereocenters. The molecule has 1 amide bonds. The number of ether oxygens (including phenoxy) is 2. The fourth-order valence-corrected chi connectivity index (χ4v) is 4.13. The monoisotopic (exact) mass is 420 g/mol. The standard InChI is InChI=1S/C22H20N4O3S/c1-14(15-6-7-19-20(10-15)29-9-8-28-19)24-21(27)11-26-18-5-3-2-4-16(18)25-22(26)17-12-30-13-23-17/h2-7,10,12-14H,8-9,11H2,1H3,(H,24,27)/t14-/m1/s1. The molecule has 0 saturated carbocycles. The number of benzene rings is 2. The number of carbonyl (C=O) groups is 1. The molecule has 8 heteroatoms. The van der Waals surface area contributed by atoms with Crippen LogP contribution in [0.1, 0.15) is 18.5 Å². The number of hydrogen-bond acceptors (Lipinski definition) is 6. The molecule has 3 heterocycles. The number of hydrogen-bond donors (Lipinski definition) is 1. The number of thiazole rings is 1. The van der Waals surface area contributed by atoms with Crippen LogP contribution in [0.5, 0.6) is 11.5 Å². The lowest BCUT2D eigenvalue weighted by Crippen LogP contribution is -2.30. The van der Waals surface area contributed by atoms with Crippen LogP contribution in [0.3, 0.4) is 0 Å². The predicted molar refractivity (Wildman–Crippen MR) is 115 cm³/mol. The molecule has 2 aromatic carbocycles. The van der Waals surface area contributed by atoms with Gasteiger partial charge in [-0.3, -0.25) is 4.79 Å². The van der Waals surface area contributed by atoms with Gasteiger partial charge in [0.25, 0.3) is 0 Å². The van der Waals surface area contributed by atoms with Crippen molar-refractivity contribution in [3.05, 3.63) is 58.9 Å². The largest absolute Gasteiger partial charge is 0.486 e. The minimum absolute atomic E-state index is 0.1000. The molecule has 0 saturated heterocycles. The Morgan fingerprint density at radius 2 is 2.03 bits per heavy atom. The van der Waals surface area contributed by atoms with E-state index in [0.717, 1.165) is 28.0 Å². The van der Waals surface area contributed by atoms with E-state index in [1.54, 1.807) is 5.51 Å². The van der Waals surface area contributed by atoms with E-state index in [-0.39, 0.29) is 18.5 Å². The second kappa shape index (κ2) is 7.79. The van der Waals surface area contributed by atoms with Crippen molar-refractivity contribution in [2.45, 2.75) is 19.5 Å². The predicted octanol–water partition coefficient (Wildman–Crippen LogP) is 3.81. The highest BCUT2D eigenvalue weighted by molar-refractivity contribution is 7.07. The van der Waals surface area contributed by atoms with Crippen molar-refractivity contribution in [1.82, 2.24) is 19.9 Å². The molecule has 152 valence electrons. The third-order valence-corrected chi connectivity index (χ3v) is 5.65. The van der Waals surface area contributed by atoms with Gasteiger partial charge < -0.3 is 19.4 Å². The van der Waals surface area contributed by atoms with Crippen molar-refractivity contribution in [2.75, 3.05) is 13.2 Å². The van der Waals surface area contributed by atoms with Gasteiger partial charge in [0, 0.05) is 5.38 Å². The van der Waals surface area contributed by atoms with E-state index in [9.17, 15) is 4.79 Å². The van der Waals surface area contributed by atoms with Crippen LogP contribution in [-0.2, 0) is 11.3 Å². The highest BCUT2D eigenvalue weighted by Crippen LogP contribution is 2.32. The van der Waals surface area contributed by atoms with Crippen LogP contribution in [0.4, 0.5) is 0 Å². The number of para-hydroxylation sites is 2. The van der Waals surface area contributed by atoms with Crippen molar-refractivity contribution >= 4 is 28.3 Å². The first-order chi connectivity index (χ1) is 14.7. The van der Waals surface area contributed by atoms with Crippen molar-refractivity contribution in [3.63, 3.8) is 0 Å². The maximum absolute atomic E-state index is 12.9. The van der Waals surface area contributed by atoms with Crippen molar-refractivity contribution in [3.8, 4) is 23.0 Å². The summed E-state index contributed by atoms with van der Waals surface area (Å²) in [5.74, 6) is 2.05. The smallest absolute Gasteiger partial charge is 0.240 e. The van der Waals surface area contributed by atoms with Crippen molar-refractivity contribution in [2.24, 2.45) is 0 Å². The molecule has 1 aliphatic rings. The highest BCUT2D eigenvalue weighted by Gasteiger charge is 2.19. The molecule has 7 nitrogen and oxygen atoms in total. The number of aromatic nitrogens is 3. The van der Waals surface area contributed by atoms with Gasteiger partial charge in [0.2, 0.25) is 5.91 Å². The van der Waals surface area contributed by atoms with E-state index in [1.165, 1.54) is 11.3 Å². The van der Waals surface area contributed by atoms with E-state index in [4.69, 9.17) is 14.5 Å². The van der Waals surface area contributed by atoms with Gasteiger partial charge in [-0.2, -0.15) is 0 Å². The number of imidazole rings is 1. The van der Waals surface area contributed by atoms with E-state index in [2.05, 4.69) is 10.3 Å². The average molecular weight is 420 g/mol. The molecule has 5 rings (SSSR count). The lowest BCUT2D eigenvalue weighted by atomic mass is 10.1. The number of rotatable bonds is 5. The maximum Gasteiger partial charge on any atom is 0.240 e. The van der Waals surface area contributed by atoms with E-state index in [0.29, 0.717) is 24.8 Å². The van der Waals surface area contributed by atoms with Gasteiger partial charge >= 0.3 is 0 Å². The number of fused-ring (bicyclic) bond motifs is 2.